The van der Waals surface area contributed by atoms with E-state index in [0.717, 1.165) is 35.4 Å². The summed E-state index contributed by atoms with van der Waals surface area (Å²) in [4.78, 5) is 2.43. The highest BCUT2D eigenvalue weighted by atomic mass is 16.7. The zero-order chi connectivity index (χ0) is 37.1. The average molecular weight is 696 g/mol. The maximum atomic E-state index is 6.48. The topological polar surface area (TPSA) is 21.7 Å². The lowest BCUT2D eigenvalue weighted by molar-refractivity contribution is 0.00578. The van der Waals surface area contributed by atoms with Gasteiger partial charge in [-0.3, -0.25) is 0 Å². The van der Waals surface area contributed by atoms with Crippen molar-refractivity contribution in [3.05, 3.63) is 156 Å². The highest BCUT2D eigenvalue weighted by Gasteiger charge is 2.52. The van der Waals surface area contributed by atoms with Gasteiger partial charge in [0.05, 0.1) is 11.2 Å². The van der Waals surface area contributed by atoms with Crippen LogP contribution in [0.25, 0.3) is 33.4 Å². The van der Waals surface area contributed by atoms with E-state index in [1.165, 1.54) is 55.6 Å². The van der Waals surface area contributed by atoms with Crippen LogP contribution in [0.2, 0.25) is 0 Å². The van der Waals surface area contributed by atoms with Gasteiger partial charge in [0, 0.05) is 22.5 Å². The second-order valence-electron chi connectivity index (χ2n) is 16.2. The molecule has 53 heavy (non-hydrogen) atoms. The molecule has 0 atom stereocenters. The molecule has 2 aliphatic rings. The van der Waals surface area contributed by atoms with E-state index < -0.39 is 7.12 Å². The van der Waals surface area contributed by atoms with Crippen LogP contribution < -0.4 is 10.4 Å². The summed E-state index contributed by atoms with van der Waals surface area (Å²) in [6, 6.07) is 49.3. The number of benzene rings is 6. The molecule has 1 aliphatic carbocycles. The van der Waals surface area contributed by atoms with Crippen molar-refractivity contribution in [2.24, 2.45) is 0 Å². The van der Waals surface area contributed by atoms with Gasteiger partial charge in [-0.15, -0.1) is 0 Å². The van der Waals surface area contributed by atoms with Crippen LogP contribution in [-0.2, 0) is 27.6 Å². The van der Waals surface area contributed by atoms with Crippen molar-refractivity contribution in [2.45, 2.75) is 84.8 Å². The molecule has 1 heterocycles. The molecule has 1 fully saturated rings. The lowest BCUT2D eigenvalue weighted by atomic mass is 9.74. The summed E-state index contributed by atoms with van der Waals surface area (Å²) in [5, 5.41) is 0. The second-order valence-corrected chi connectivity index (χ2v) is 16.2. The summed E-state index contributed by atoms with van der Waals surface area (Å²) >= 11 is 0. The summed E-state index contributed by atoms with van der Waals surface area (Å²) < 4.78 is 13.0. The standard InChI is InChI=1S/C49H50BNO2/c1-9-33-16-14-15-19-41(33)42-28-25-39(30-34(42)10-2)51(38-23-20-36(21-24-38)35-17-12-11-13-18-35)40-26-29-44-43-27-22-37(31-45(43)47(3,4)46(44)32-40)50-52-48(5,6)49(7,8)53-50/h11-32H,9-10H2,1-8H3. The molecule has 0 spiro atoms. The third-order valence-corrected chi connectivity index (χ3v) is 12.1. The first-order chi connectivity index (χ1) is 25.4. The van der Waals surface area contributed by atoms with Gasteiger partial charge in [-0.2, -0.15) is 0 Å². The molecular formula is C49H50BNO2. The minimum atomic E-state index is -0.394. The van der Waals surface area contributed by atoms with Gasteiger partial charge in [0.1, 0.15) is 0 Å². The van der Waals surface area contributed by atoms with Gasteiger partial charge in [-0.25, -0.2) is 0 Å². The molecule has 3 nitrogen and oxygen atoms in total. The van der Waals surface area contributed by atoms with Crippen LogP contribution in [0.15, 0.2) is 133 Å². The number of hydrogen-bond donors (Lipinski definition) is 0. The molecule has 6 aromatic rings. The van der Waals surface area contributed by atoms with E-state index in [-0.39, 0.29) is 16.6 Å². The third-order valence-electron chi connectivity index (χ3n) is 12.1. The van der Waals surface area contributed by atoms with Gasteiger partial charge in [0.15, 0.2) is 0 Å². The highest BCUT2D eigenvalue weighted by Crippen LogP contribution is 2.51. The molecule has 0 N–H and O–H groups in total. The Labute approximate surface area is 316 Å². The van der Waals surface area contributed by atoms with Crippen LogP contribution in [0.4, 0.5) is 17.1 Å². The summed E-state index contributed by atoms with van der Waals surface area (Å²) in [7, 11) is -0.394. The lowest BCUT2D eigenvalue weighted by Gasteiger charge is -2.32. The average Bonchev–Trinajstić information content (AvgIpc) is 3.54. The van der Waals surface area contributed by atoms with Gasteiger partial charge < -0.3 is 14.2 Å². The Bertz CT molecular complexity index is 2290. The largest absolute Gasteiger partial charge is 0.494 e. The molecule has 0 amide bonds. The molecule has 1 saturated heterocycles. The van der Waals surface area contributed by atoms with Crippen molar-refractivity contribution in [3.8, 4) is 33.4 Å². The Morgan fingerprint density at radius 1 is 0.472 bits per heavy atom. The van der Waals surface area contributed by atoms with Crippen LogP contribution in [0, 0.1) is 0 Å². The predicted octanol–water partition coefficient (Wildman–Crippen LogP) is 12.2. The first-order valence-electron chi connectivity index (χ1n) is 19.2. The van der Waals surface area contributed by atoms with Crippen molar-refractivity contribution in [1.29, 1.82) is 0 Å². The fourth-order valence-electron chi connectivity index (χ4n) is 8.25. The molecule has 0 saturated carbocycles. The molecule has 266 valence electrons. The number of hydrogen-bond acceptors (Lipinski definition) is 3. The van der Waals surface area contributed by atoms with E-state index in [1.54, 1.807) is 0 Å². The van der Waals surface area contributed by atoms with Crippen LogP contribution in [0.5, 0.6) is 0 Å². The predicted molar refractivity (Wildman–Crippen MR) is 224 cm³/mol. The summed E-state index contributed by atoms with van der Waals surface area (Å²) in [5.41, 5.74) is 16.5. The van der Waals surface area contributed by atoms with Gasteiger partial charge in [-0.05, 0) is 138 Å². The highest BCUT2D eigenvalue weighted by molar-refractivity contribution is 6.62. The minimum absolute atomic E-state index is 0.217. The normalized spacial score (nSPS) is 16.3. The van der Waals surface area contributed by atoms with Crippen molar-refractivity contribution < 1.29 is 9.31 Å². The van der Waals surface area contributed by atoms with Gasteiger partial charge in [-0.1, -0.05) is 125 Å². The Morgan fingerprint density at radius 3 is 1.64 bits per heavy atom. The zero-order valence-corrected chi connectivity index (χ0v) is 32.5. The molecule has 1 aliphatic heterocycles. The van der Waals surface area contributed by atoms with E-state index in [4.69, 9.17) is 9.31 Å². The monoisotopic (exact) mass is 695 g/mol. The second kappa shape index (κ2) is 13.2. The Balaban J connectivity index is 1.22. The van der Waals surface area contributed by atoms with Crippen LogP contribution in [0.1, 0.15) is 77.6 Å². The lowest BCUT2D eigenvalue weighted by Crippen LogP contribution is -2.41. The van der Waals surface area contributed by atoms with Crippen LogP contribution in [-0.4, -0.2) is 18.3 Å². The van der Waals surface area contributed by atoms with E-state index in [2.05, 4.69) is 194 Å². The molecule has 8 rings (SSSR count). The number of fused-ring (bicyclic) bond motifs is 3. The maximum absolute atomic E-state index is 6.48. The van der Waals surface area contributed by atoms with E-state index in [1.807, 2.05) is 0 Å². The Kier molecular flexibility index (Phi) is 8.75. The number of anilines is 3. The van der Waals surface area contributed by atoms with Crippen molar-refractivity contribution in [1.82, 2.24) is 0 Å². The van der Waals surface area contributed by atoms with Crippen LogP contribution >= 0.6 is 0 Å². The summed E-state index contributed by atoms with van der Waals surface area (Å²) in [6.45, 7) is 17.7. The number of aryl methyl sites for hydroxylation is 2. The molecular weight excluding hydrogens is 645 g/mol. The third kappa shape index (κ3) is 6.03. The van der Waals surface area contributed by atoms with E-state index in [0.29, 0.717) is 0 Å². The van der Waals surface area contributed by atoms with Crippen molar-refractivity contribution in [2.75, 3.05) is 4.90 Å². The zero-order valence-electron chi connectivity index (χ0n) is 32.5. The molecule has 6 aromatic carbocycles. The van der Waals surface area contributed by atoms with Crippen molar-refractivity contribution in [3.63, 3.8) is 0 Å². The van der Waals surface area contributed by atoms with Gasteiger partial charge in [0.2, 0.25) is 0 Å². The van der Waals surface area contributed by atoms with E-state index in [9.17, 15) is 0 Å². The molecule has 0 bridgehead atoms. The molecule has 0 radical (unpaired) electrons. The Hall–Kier alpha value is -4.90. The number of nitrogens with zero attached hydrogens (tertiary/aromatic N) is 1. The van der Waals surface area contributed by atoms with E-state index >= 15 is 0 Å². The smallest absolute Gasteiger partial charge is 0.399 e. The fraction of sp³-hybridized carbons (Fsp3) is 0.265. The quantitative estimate of drug-likeness (QED) is 0.148. The molecule has 0 aromatic heterocycles. The fourth-order valence-corrected chi connectivity index (χ4v) is 8.25. The molecule has 4 heteroatoms. The van der Waals surface area contributed by atoms with Crippen LogP contribution in [0.3, 0.4) is 0 Å². The Morgan fingerprint density at radius 2 is 0.981 bits per heavy atom. The summed E-state index contributed by atoms with van der Waals surface area (Å²) in [6.07, 6.45) is 1.95. The van der Waals surface area contributed by atoms with Gasteiger partial charge >= 0.3 is 7.12 Å². The number of rotatable bonds is 8. The summed E-state index contributed by atoms with van der Waals surface area (Å²) in [5.74, 6) is 0. The first-order valence-corrected chi connectivity index (χ1v) is 19.2. The van der Waals surface area contributed by atoms with Gasteiger partial charge in [0.25, 0.3) is 0 Å². The first kappa shape index (κ1) is 35.2. The van der Waals surface area contributed by atoms with Crippen molar-refractivity contribution >= 4 is 29.6 Å². The minimum Gasteiger partial charge on any atom is -0.399 e. The molecule has 0 unspecified atom stereocenters. The SMILES string of the molecule is CCc1ccccc1-c1ccc(N(c2ccc(-c3ccccc3)cc2)c2ccc3c(c2)C(C)(C)c2cc(B4OC(C)(C)C(C)(C)O4)ccc2-3)cc1CC. The maximum Gasteiger partial charge on any atom is 0.494 e.